The fourth-order valence-electron chi connectivity index (χ4n) is 1.99. The number of benzene rings is 2. The summed E-state index contributed by atoms with van der Waals surface area (Å²) in [6, 6.07) is 15.2. The molecule has 0 saturated heterocycles. The van der Waals surface area contributed by atoms with E-state index in [1.165, 1.54) is 24.4 Å². The molecule has 2 aromatic rings. The van der Waals surface area contributed by atoms with Crippen LogP contribution >= 0.6 is 15.9 Å². The van der Waals surface area contributed by atoms with Crippen molar-refractivity contribution in [3.63, 3.8) is 0 Å². The third-order valence-electron chi connectivity index (χ3n) is 3.17. The average molecular weight is 400 g/mol. The smallest absolute Gasteiger partial charge is 0.335 e. The number of anilines is 1. The van der Waals surface area contributed by atoms with Gasteiger partial charge in [-0.25, -0.2) is 4.79 Å². The number of nitrogens with one attached hydrogen (secondary N) is 2. The molecule has 0 heterocycles. The van der Waals surface area contributed by atoms with Crippen LogP contribution in [0.4, 0.5) is 5.69 Å². The maximum atomic E-state index is 12.1. The van der Waals surface area contributed by atoms with E-state index < -0.39 is 11.9 Å². The molecule has 0 spiro atoms. The predicted octanol–water partition coefficient (Wildman–Crippen LogP) is 3.28. The summed E-state index contributed by atoms with van der Waals surface area (Å²) in [6.45, 7) is 0.451. The van der Waals surface area contributed by atoms with Gasteiger partial charge in [0.15, 0.2) is 0 Å². The first-order valence-electron chi connectivity index (χ1n) is 7.22. The predicted molar refractivity (Wildman–Crippen MR) is 96.7 cm³/mol. The molecule has 2 aromatic carbocycles. The maximum Gasteiger partial charge on any atom is 0.335 e. The van der Waals surface area contributed by atoms with Gasteiger partial charge in [0, 0.05) is 22.9 Å². The molecule has 7 heteroatoms. The highest BCUT2D eigenvalue weighted by molar-refractivity contribution is 9.10. The van der Waals surface area contributed by atoms with Gasteiger partial charge in [0.1, 0.15) is 11.6 Å². The summed E-state index contributed by atoms with van der Waals surface area (Å²) in [6.07, 6.45) is 1.33. The Morgan fingerprint density at radius 1 is 1.20 bits per heavy atom. The van der Waals surface area contributed by atoms with Crippen LogP contribution in [-0.4, -0.2) is 17.0 Å². The zero-order valence-corrected chi connectivity index (χ0v) is 14.6. The first-order chi connectivity index (χ1) is 12.0. The molecule has 0 fully saturated rings. The zero-order valence-electron chi connectivity index (χ0n) is 13.0. The monoisotopic (exact) mass is 399 g/mol. The quantitative estimate of drug-likeness (QED) is 0.510. The Kier molecular flexibility index (Phi) is 6.32. The van der Waals surface area contributed by atoms with Gasteiger partial charge in [0.25, 0.3) is 5.91 Å². The SMILES string of the molecule is N#C/C(=C/NCc1cccc(Br)c1)C(=O)Nc1cccc(C(=O)O)c1. The number of amides is 1. The molecule has 126 valence electrons. The van der Waals surface area contributed by atoms with E-state index in [9.17, 15) is 9.59 Å². The number of hydrogen-bond donors (Lipinski definition) is 3. The molecule has 0 aliphatic heterocycles. The molecule has 0 saturated carbocycles. The van der Waals surface area contributed by atoms with Crippen LogP contribution in [0.3, 0.4) is 0 Å². The van der Waals surface area contributed by atoms with Crippen molar-refractivity contribution in [3.05, 3.63) is 75.9 Å². The second-order valence-corrected chi connectivity index (χ2v) is 5.94. The van der Waals surface area contributed by atoms with Crippen LogP contribution in [-0.2, 0) is 11.3 Å². The van der Waals surface area contributed by atoms with E-state index >= 15 is 0 Å². The van der Waals surface area contributed by atoms with Gasteiger partial charge in [-0.3, -0.25) is 4.79 Å². The number of nitrogens with zero attached hydrogens (tertiary/aromatic N) is 1. The topological polar surface area (TPSA) is 102 Å². The Hall–Kier alpha value is -3.11. The third-order valence-corrected chi connectivity index (χ3v) is 3.67. The number of nitriles is 1. The minimum atomic E-state index is -1.09. The average Bonchev–Trinajstić information content (AvgIpc) is 2.59. The normalized spacial score (nSPS) is 10.6. The Labute approximate surface area is 152 Å². The summed E-state index contributed by atoms with van der Waals surface area (Å²) in [5, 5.41) is 23.5. The van der Waals surface area contributed by atoms with Gasteiger partial charge in [-0.1, -0.05) is 34.1 Å². The first-order valence-corrected chi connectivity index (χ1v) is 8.01. The summed E-state index contributed by atoms with van der Waals surface area (Å²) < 4.78 is 0.937. The molecule has 0 aliphatic carbocycles. The fourth-order valence-corrected chi connectivity index (χ4v) is 2.44. The lowest BCUT2D eigenvalue weighted by Gasteiger charge is -2.06. The third kappa shape index (κ3) is 5.48. The van der Waals surface area contributed by atoms with E-state index in [1.54, 1.807) is 6.07 Å². The minimum Gasteiger partial charge on any atom is -0.478 e. The van der Waals surface area contributed by atoms with Crippen molar-refractivity contribution < 1.29 is 14.7 Å². The lowest BCUT2D eigenvalue weighted by Crippen LogP contribution is -2.17. The molecule has 3 N–H and O–H groups in total. The van der Waals surface area contributed by atoms with E-state index in [0.29, 0.717) is 12.2 Å². The molecule has 2 rings (SSSR count). The van der Waals surface area contributed by atoms with Crippen molar-refractivity contribution in [2.24, 2.45) is 0 Å². The molecule has 0 radical (unpaired) electrons. The molecule has 0 aromatic heterocycles. The Morgan fingerprint density at radius 3 is 2.64 bits per heavy atom. The van der Waals surface area contributed by atoms with Crippen molar-refractivity contribution in [1.29, 1.82) is 5.26 Å². The summed E-state index contributed by atoms with van der Waals surface area (Å²) in [4.78, 5) is 23.1. The molecule has 1 amide bonds. The highest BCUT2D eigenvalue weighted by Crippen LogP contribution is 2.13. The number of carboxylic acids is 1. The van der Waals surface area contributed by atoms with Crippen molar-refractivity contribution in [3.8, 4) is 6.07 Å². The van der Waals surface area contributed by atoms with Crippen LogP contribution in [0.5, 0.6) is 0 Å². The van der Waals surface area contributed by atoms with Crippen molar-refractivity contribution in [1.82, 2.24) is 5.32 Å². The molecule has 0 atom stereocenters. The number of carbonyl (C=O) groups is 2. The summed E-state index contributed by atoms with van der Waals surface area (Å²) in [5.74, 6) is -1.71. The van der Waals surface area contributed by atoms with Gasteiger partial charge < -0.3 is 15.7 Å². The Balaban J connectivity index is 2.02. The largest absolute Gasteiger partial charge is 0.478 e. The van der Waals surface area contributed by atoms with E-state index in [4.69, 9.17) is 10.4 Å². The van der Waals surface area contributed by atoms with Gasteiger partial charge in [0.2, 0.25) is 0 Å². The summed E-state index contributed by atoms with van der Waals surface area (Å²) in [7, 11) is 0. The molecule has 0 unspecified atom stereocenters. The van der Waals surface area contributed by atoms with Gasteiger partial charge in [-0.15, -0.1) is 0 Å². The van der Waals surface area contributed by atoms with Crippen LogP contribution in [0.15, 0.2) is 64.8 Å². The highest BCUT2D eigenvalue weighted by atomic mass is 79.9. The van der Waals surface area contributed by atoms with E-state index in [-0.39, 0.29) is 11.1 Å². The Bertz CT molecular complexity index is 872. The molecular formula is C18H14BrN3O3. The van der Waals surface area contributed by atoms with Crippen LogP contribution in [0.1, 0.15) is 15.9 Å². The number of aromatic carboxylic acids is 1. The lowest BCUT2D eigenvalue weighted by atomic mass is 10.2. The molecule has 0 bridgehead atoms. The van der Waals surface area contributed by atoms with Gasteiger partial charge in [0.05, 0.1) is 5.56 Å². The van der Waals surface area contributed by atoms with E-state index in [1.807, 2.05) is 30.3 Å². The number of carbonyl (C=O) groups excluding carboxylic acids is 1. The lowest BCUT2D eigenvalue weighted by molar-refractivity contribution is -0.112. The van der Waals surface area contributed by atoms with E-state index in [2.05, 4.69) is 26.6 Å². The van der Waals surface area contributed by atoms with Crippen LogP contribution < -0.4 is 10.6 Å². The van der Waals surface area contributed by atoms with E-state index in [0.717, 1.165) is 10.0 Å². The van der Waals surface area contributed by atoms with Gasteiger partial charge in [-0.05, 0) is 35.9 Å². The van der Waals surface area contributed by atoms with Gasteiger partial charge >= 0.3 is 5.97 Å². The minimum absolute atomic E-state index is 0.0491. The maximum absolute atomic E-state index is 12.1. The standard InChI is InChI=1S/C18H14BrN3O3/c19-15-5-1-3-12(7-15)10-21-11-14(9-20)17(23)22-16-6-2-4-13(8-16)18(24)25/h1-8,11,21H,10H2,(H,22,23)(H,24,25)/b14-11-. The number of carboxylic acid groups (broad SMARTS) is 1. The van der Waals surface area contributed by atoms with Crippen LogP contribution in [0, 0.1) is 11.3 Å². The second-order valence-electron chi connectivity index (χ2n) is 5.02. The van der Waals surface area contributed by atoms with Crippen molar-refractivity contribution >= 4 is 33.5 Å². The fraction of sp³-hybridized carbons (Fsp3) is 0.0556. The first kappa shape index (κ1) is 18.2. The number of hydrogen-bond acceptors (Lipinski definition) is 4. The van der Waals surface area contributed by atoms with Crippen molar-refractivity contribution in [2.45, 2.75) is 6.54 Å². The van der Waals surface area contributed by atoms with Crippen LogP contribution in [0.2, 0.25) is 0 Å². The van der Waals surface area contributed by atoms with Crippen molar-refractivity contribution in [2.75, 3.05) is 5.32 Å². The second kappa shape index (κ2) is 8.66. The molecule has 0 aliphatic rings. The Morgan fingerprint density at radius 2 is 1.96 bits per heavy atom. The molecule has 6 nitrogen and oxygen atoms in total. The summed E-state index contributed by atoms with van der Waals surface area (Å²) >= 11 is 3.37. The molecular weight excluding hydrogens is 386 g/mol. The highest BCUT2D eigenvalue weighted by Gasteiger charge is 2.10. The molecule has 25 heavy (non-hydrogen) atoms. The number of halogens is 1. The number of rotatable bonds is 6. The van der Waals surface area contributed by atoms with Gasteiger partial charge in [-0.2, -0.15) is 5.26 Å². The summed E-state index contributed by atoms with van der Waals surface area (Å²) in [5.41, 5.74) is 1.22. The van der Waals surface area contributed by atoms with Crippen LogP contribution in [0.25, 0.3) is 0 Å². The zero-order chi connectivity index (χ0) is 18.2.